The SMILES string of the molecule is COc1ccccc1OC1(C(=O)O)CCN(Cc2cc3ccccc3o2)CC1. The van der Waals surface area contributed by atoms with Gasteiger partial charge in [0.05, 0.1) is 13.7 Å². The van der Waals surface area contributed by atoms with Crippen LogP contribution in [0.4, 0.5) is 0 Å². The number of ether oxygens (including phenoxy) is 2. The monoisotopic (exact) mass is 381 g/mol. The first-order valence-electron chi connectivity index (χ1n) is 9.35. The lowest BCUT2D eigenvalue weighted by Crippen LogP contribution is -2.53. The Kier molecular flexibility index (Phi) is 4.96. The van der Waals surface area contributed by atoms with E-state index in [1.165, 1.54) is 0 Å². The van der Waals surface area contributed by atoms with Crippen molar-refractivity contribution in [1.82, 2.24) is 4.90 Å². The molecule has 0 amide bonds. The van der Waals surface area contributed by atoms with Gasteiger partial charge in [-0.25, -0.2) is 4.79 Å². The summed E-state index contributed by atoms with van der Waals surface area (Å²) in [6, 6.07) is 17.1. The van der Waals surface area contributed by atoms with E-state index < -0.39 is 11.6 Å². The molecular formula is C22H23NO5. The van der Waals surface area contributed by atoms with E-state index in [0.29, 0.717) is 44.0 Å². The van der Waals surface area contributed by atoms with E-state index in [-0.39, 0.29) is 0 Å². The molecule has 6 nitrogen and oxygen atoms in total. The summed E-state index contributed by atoms with van der Waals surface area (Å²) in [5, 5.41) is 11.0. The Bertz CT molecular complexity index is 939. The molecule has 146 valence electrons. The minimum Gasteiger partial charge on any atom is -0.493 e. The van der Waals surface area contributed by atoms with E-state index in [1.54, 1.807) is 19.2 Å². The van der Waals surface area contributed by atoms with Gasteiger partial charge in [-0.3, -0.25) is 4.90 Å². The van der Waals surface area contributed by atoms with Crippen molar-refractivity contribution in [2.45, 2.75) is 25.0 Å². The van der Waals surface area contributed by atoms with Crippen LogP contribution in [-0.2, 0) is 11.3 Å². The number of carbonyl (C=O) groups is 1. The third-order valence-corrected chi connectivity index (χ3v) is 5.28. The molecule has 1 aliphatic rings. The number of hydrogen-bond acceptors (Lipinski definition) is 5. The molecule has 2 aromatic carbocycles. The number of piperidine rings is 1. The van der Waals surface area contributed by atoms with Crippen LogP contribution in [-0.4, -0.2) is 41.8 Å². The topological polar surface area (TPSA) is 72.1 Å². The second-order valence-corrected chi connectivity index (χ2v) is 7.08. The summed E-state index contributed by atoms with van der Waals surface area (Å²) in [6.45, 7) is 1.87. The smallest absolute Gasteiger partial charge is 0.348 e. The van der Waals surface area contributed by atoms with Gasteiger partial charge in [-0.05, 0) is 24.3 Å². The lowest BCUT2D eigenvalue weighted by molar-refractivity contribution is -0.160. The molecule has 0 radical (unpaired) electrons. The normalized spacial score (nSPS) is 16.8. The second kappa shape index (κ2) is 7.56. The van der Waals surface area contributed by atoms with Crippen LogP contribution in [0.3, 0.4) is 0 Å². The van der Waals surface area contributed by atoms with Crippen LogP contribution in [0.2, 0.25) is 0 Å². The number of fused-ring (bicyclic) bond motifs is 1. The van der Waals surface area contributed by atoms with Crippen molar-refractivity contribution < 1.29 is 23.8 Å². The third kappa shape index (κ3) is 3.55. The number of hydrogen-bond donors (Lipinski definition) is 1. The molecule has 0 aliphatic carbocycles. The van der Waals surface area contributed by atoms with E-state index in [0.717, 1.165) is 16.7 Å². The summed E-state index contributed by atoms with van der Waals surface area (Å²) in [5.41, 5.74) is -0.382. The summed E-state index contributed by atoms with van der Waals surface area (Å²) in [5.74, 6) is 0.933. The highest BCUT2D eigenvalue weighted by molar-refractivity contribution is 5.78. The zero-order valence-corrected chi connectivity index (χ0v) is 15.8. The fraction of sp³-hybridized carbons (Fsp3) is 0.318. The van der Waals surface area contributed by atoms with Gasteiger partial charge in [-0.1, -0.05) is 30.3 Å². The van der Waals surface area contributed by atoms with Crippen molar-refractivity contribution in [2.24, 2.45) is 0 Å². The van der Waals surface area contributed by atoms with Crippen LogP contribution in [0.25, 0.3) is 11.0 Å². The Balaban J connectivity index is 1.46. The molecule has 0 atom stereocenters. The number of carboxylic acid groups (broad SMARTS) is 1. The molecule has 0 unspecified atom stereocenters. The van der Waals surface area contributed by atoms with Crippen molar-refractivity contribution in [2.75, 3.05) is 20.2 Å². The zero-order valence-electron chi connectivity index (χ0n) is 15.8. The van der Waals surface area contributed by atoms with Gasteiger partial charge in [0.1, 0.15) is 11.3 Å². The lowest BCUT2D eigenvalue weighted by Gasteiger charge is -2.38. The van der Waals surface area contributed by atoms with E-state index in [1.807, 2.05) is 42.5 Å². The van der Waals surface area contributed by atoms with Crippen LogP contribution < -0.4 is 9.47 Å². The largest absolute Gasteiger partial charge is 0.493 e. The first-order chi connectivity index (χ1) is 13.6. The molecule has 6 heteroatoms. The van der Waals surface area contributed by atoms with E-state index in [2.05, 4.69) is 4.90 Å². The maximum Gasteiger partial charge on any atom is 0.348 e. The molecule has 1 N–H and O–H groups in total. The fourth-order valence-corrected chi connectivity index (χ4v) is 3.68. The molecule has 0 saturated carbocycles. The number of nitrogens with zero attached hydrogens (tertiary/aromatic N) is 1. The highest BCUT2D eigenvalue weighted by Crippen LogP contribution is 2.35. The van der Waals surface area contributed by atoms with Crippen molar-refractivity contribution in [3.05, 3.63) is 60.4 Å². The minimum absolute atomic E-state index is 0.389. The highest BCUT2D eigenvalue weighted by atomic mass is 16.5. The summed E-state index contributed by atoms with van der Waals surface area (Å²) in [6.07, 6.45) is 0.779. The number of furan rings is 1. The molecule has 1 aromatic heterocycles. The Hall–Kier alpha value is -2.99. The maximum absolute atomic E-state index is 12.1. The predicted molar refractivity (Wildman–Crippen MR) is 105 cm³/mol. The van der Waals surface area contributed by atoms with Crippen molar-refractivity contribution >= 4 is 16.9 Å². The Morgan fingerprint density at radius 1 is 1.11 bits per heavy atom. The van der Waals surface area contributed by atoms with Gasteiger partial charge in [0.15, 0.2) is 11.5 Å². The zero-order chi connectivity index (χ0) is 19.6. The molecule has 2 heterocycles. The second-order valence-electron chi connectivity index (χ2n) is 7.08. The fourth-order valence-electron chi connectivity index (χ4n) is 3.68. The summed E-state index contributed by atoms with van der Waals surface area (Å²) in [4.78, 5) is 14.3. The van der Waals surface area contributed by atoms with E-state index in [9.17, 15) is 9.90 Å². The Morgan fingerprint density at radius 3 is 2.46 bits per heavy atom. The van der Waals surface area contributed by atoms with Crippen LogP contribution in [0.1, 0.15) is 18.6 Å². The summed E-state index contributed by atoms with van der Waals surface area (Å²) >= 11 is 0. The summed E-state index contributed by atoms with van der Waals surface area (Å²) < 4.78 is 17.2. The summed E-state index contributed by atoms with van der Waals surface area (Å²) in [7, 11) is 1.55. The van der Waals surface area contributed by atoms with Crippen LogP contribution in [0, 0.1) is 0 Å². The van der Waals surface area contributed by atoms with Crippen LogP contribution >= 0.6 is 0 Å². The van der Waals surface area contributed by atoms with Gasteiger partial charge in [0.2, 0.25) is 5.60 Å². The average molecular weight is 381 g/mol. The molecule has 4 rings (SSSR count). The molecule has 1 saturated heterocycles. The average Bonchev–Trinajstić information content (AvgIpc) is 3.12. The first-order valence-corrected chi connectivity index (χ1v) is 9.35. The Labute approximate surface area is 163 Å². The molecule has 28 heavy (non-hydrogen) atoms. The van der Waals surface area contributed by atoms with Gasteiger partial charge < -0.3 is 19.0 Å². The standard InChI is InChI=1S/C22H23NO5/c1-26-19-8-4-5-9-20(19)28-22(21(24)25)10-12-23(13-11-22)15-17-14-16-6-2-3-7-18(16)27-17/h2-9,14H,10-13,15H2,1H3,(H,24,25). The van der Waals surface area contributed by atoms with E-state index in [4.69, 9.17) is 13.9 Å². The number of para-hydroxylation sites is 3. The van der Waals surface area contributed by atoms with Gasteiger partial charge in [0.25, 0.3) is 0 Å². The van der Waals surface area contributed by atoms with E-state index >= 15 is 0 Å². The van der Waals surface area contributed by atoms with Crippen molar-refractivity contribution in [1.29, 1.82) is 0 Å². The number of methoxy groups -OCH3 is 1. The number of likely N-dealkylation sites (tertiary alicyclic amines) is 1. The van der Waals surface area contributed by atoms with Crippen LogP contribution in [0.15, 0.2) is 59.0 Å². The molecular weight excluding hydrogens is 358 g/mol. The number of carboxylic acids is 1. The maximum atomic E-state index is 12.1. The van der Waals surface area contributed by atoms with Crippen molar-refractivity contribution in [3.63, 3.8) is 0 Å². The number of aliphatic carboxylic acids is 1. The number of benzene rings is 2. The molecule has 3 aromatic rings. The predicted octanol–water partition coefficient (Wildman–Crippen LogP) is 3.94. The van der Waals surface area contributed by atoms with Crippen LogP contribution in [0.5, 0.6) is 11.5 Å². The third-order valence-electron chi connectivity index (χ3n) is 5.28. The Morgan fingerprint density at radius 2 is 1.79 bits per heavy atom. The number of rotatable bonds is 6. The van der Waals surface area contributed by atoms with Gasteiger partial charge in [-0.15, -0.1) is 0 Å². The van der Waals surface area contributed by atoms with Gasteiger partial charge in [0, 0.05) is 31.3 Å². The first kappa shape index (κ1) is 18.4. The highest BCUT2D eigenvalue weighted by Gasteiger charge is 2.44. The van der Waals surface area contributed by atoms with Gasteiger partial charge >= 0.3 is 5.97 Å². The lowest BCUT2D eigenvalue weighted by atomic mass is 9.91. The molecule has 1 fully saturated rings. The molecule has 1 aliphatic heterocycles. The van der Waals surface area contributed by atoms with Gasteiger partial charge in [-0.2, -0.15) is 0 Å². The molecule has 0 spiro atoms. The van der Waals surface area contributed by atoms with Crippen molar-refractivity contribution in [3.8, 4) is 11.5 Å². The quantitative estimate of drug-likeness (QED) is 0.697. The minimum atomic E-state index is -1.25. The molecule has 0 bridgehead atoms.